The van der Waals surface area contributed by atoms with Crippen LogP contribution >= 0.6 is 0 Å². The molecule has 176 valence electrons. The zero-order valence-corrected chi connectivity index (χ0v) is 19.7. The van der Waals surface area contributed by atoms with Crippen molar-refractivity contribution in [3.63, 3.8) is 0 Å². The number of ether oxygens (including phenoxy) is 4. The number of carbonyl (C=O) groups excluding carboxylic acids is 2. The Balaban J connectivity index is 1.69. The third-order valence-electron chi connectivity index (χ3n) is 5.63. The van der Waals surface area contributed by atoms with Crippen LogP contribution < -0.4 is 19.5 Å². The lowest BCUT2D eigenvalue weighted by atomic mass is 9.97. The first-order valence-corrected chi connectivity index (χ1v) is 10.6. The highest BCUT2D eigenvalue weighted by Crippen LogP contribution is 2.40. The van der Waals surface area contributed by atoms with Gasteiger partial charge in [-0.05, 0) is 36.6 Å². The number of nitrogens with zero attached hydrogens (tertiary/aromatic N) is 1. The zero-order valence-electron chi connectivity index (χ0n) is 19.7. The van der Waals surface area contributed by atoms with E-state index in [2.05, 4.69) is 16.3 Å². The molecule has 8 nitrogen and oxygen atoms in total. The lowest BCUT2D eigenvalue weighted by Crippen LogP contribution is -2.36. The van der Waals surface area contributed by atoms with Crippen molar-refractivity contribution in [3.05, 3.63) is 53.1 Å². The predicted octanol–water partition coefficient (Wildman–Crippen LogP) is 3.54. The molecule has 0 unspecified atom stereocenters. The van der Waals surface area contributed by atoms with Crippen LogP contribution in [-0.2, 0) is 9.53 Å². The molecule has 0 bridgehead atoms. The molecule has 0 aliphatic carbocycles. The van der Waals surface area contributed by atoms with Crippen molar-refractivity contribution in [3.8, 4) is 17.2 Å². The molecule has 0 radical (unpaired) electrons. The van der Waals surface area contributed by atoms with Gasteiger partial charge in [-0.15, -0.1) is 0 Å². The number of methoxy groups -OCH3 is 4. The molecule has 8 heteroatoms. The van der Waals surface area contributed by atoms with E-state index in [4.69, 9.17) is 18.9 Å². The molecule has 3 rings (SSSR count). The number of aryl methyl sites for hydroxylation is 1. The van der Waals surface area contributed by atoms with Crippen molar-refractivity contribution in [2.24, 2.45) is 0 Å². The Hall–Kier alpha value is -3.52. The van der Waals surface area contributed by atoms with E-state index < -0.39 is 5.97 Å². The maximum atomic E-state index is 12.7. The summed E-state index contributed by atoms with van der Waals surface area (Å²) in [6.07, 6.45) is 2.83. The van der Waals surface area contributed by atoms with Gasteiger partial charge < -0.3 is 24.3 Å². The van der Waals surface area contributed by atoms with Crippen molar-refractivity contribution in [2.45, 2.75) is 13.3 Å². The summed E-state index contributed by atoms with van der Waals surface area (Å²) < 4.78 is 21.2. The van der Waals surface area contributed by atoms with E-state index in [0.29, 0.717) is 41.6 Å². The normalized spacial score (nSPS) is 13.7. The number of nitrogens with one attached hydrogen (secondary N) is 1. The average Bonchev–Trinajstić information content (AvgIpc) is 2.84. The Morgan fingerprint density at radius 1 is 1.00 bits per heavy atom. The van der Waals surface area contributed by atoms with Crippen LogP contribution in [0.3, 0.4) is 0 Å². The van der Waals surface area contributed by atoms with Gasteiger partial charge >= 0.3 is 5.97 Å². The first-order chi connectivity index (χ1) is 15.9. The van der Waals surface area contributed by atoms with Gasteiger partial charge in [-0.1, -0.05) is 12.1 Å². The number of rotatable bonds is 8. The lowest BCUT2D eigenvalue weighted by molar-refractivity contribution is -0.117. The molecule has 0 saturated heterocycles. The van der Waals surface area contributed by atoms with E-state index >= 15 is 0 Å². The van der Waals surface area contributed by atoms with Gasteiger partial charge in [0, 0.05) is 30.9 Å². The second-order valence-electron chi connectivity index (χ2n) is 7.69. The zero-order chi connectivity index (χ0) is 24.0. The van der Waals surface area contributed by atoms with Crippen LogP contribution in [0.25, 0.3) is 5.57 Å². The highest BCUT2D eigenvalue weighted by molar-refractivity contribution is 5.96. The molecule has 1 N–H and O–H groups in total. The Labute approximate surface area is 194 Å². The minimum atomic E-state index is -0.441. The van der Waals surface area contributed by atoms with Crippen LogP contribution in [0, 0.1) is 6.92 Å². The fourth-order valence-corrected chi connectivity index (χ4v) is 3.80. The first kappa shape index (κ1) is 24.1. The van der Waals surface area contributed by atoms with Gasteiger partial charge in [0.25, 0.3) is 0 Å². The van der Waals surface area contributed by atoms with E-state index in [1.165, 1.54) is 7.11 Å². The summed E-state index contributed by atoms with van der Waals surface area (Å²) in [5.74, 6) is 1.45. The summed E-state index contributed by atoms with van der Waals surface area (Å²) in [7, 11) is 6.17. The summed E-state index contributed by atoms with van der Waals surface area (Å²) >= 11 is 0. The molecule has 0 spiro atoms. The summed E-state index contributed by atoms with van der Waals surface area (Å²) in [4.78, 5) is 26.5. The van der Waals surface area contributed by atoms with Crippen molar-refractivity contribution in [2.75, 3.05) is 53.4 Å². The summed E-state index contributed by atoms with van der Waals surface area (Å²) in [6.45, 7) is 3.44. The number of anilines is 1. The molecule has 0 fully saturated rings. The number of benzene rings is 2. The molecule has 33 heavy (non-hydrogen) atoms. The van der Waals surface area contributed by atoms with Crippen molar-refractivity contribution < 1.29 is 28.5 Å². The summed E-state index contributed by atoms with van der Waals surface area (Å²) in [5.41, 5.74) is 3.87. The fourth-order valence-electron chi connectivity index (χ4n) is 3.80. The molecule has 0 saturated carbocycles. The number of amides is 1. The Kier molecular flexibility index (Phi) is 7.95. The summed E-state index contributed by atoms with van der Waals surface area (Å²) in [6, 6.07) is 8.77. The molecule has 1 amide bonds. The quantitative estimate of drug-likeness (QED) is 0.611. The third-order valence-corrected chi connectivity index (χ3v) is 5.63. The van der Waals surface area contributed by atoms with E-state index in [9.17, 15) is 9.59 Å². The molecule has 1 heterocycles. The molecular formula is C25H30N2O6. The third kappa shape index (κ3) is 5.64. The van der Waals surface area contributed by atoms with Crippen LogP contribution in [0.1, 0.15) is 27.9 Å². The Bertz CT molecular complexity index is 1040. The monoisotopic (exact) mass is 454 g/mol. The topological polar surface area (TPSA) is 86.3 Å². The maximum Gasteiger partial charge on any atom is 0.337 e. The maximum absolute atomic E-state index is 12.7. The Morgan fingerprint density at radius 3 is 2.24 bits per heavy atom. The van der Waals surface area contributed by atoms with E-state index in [-0.39, 0.29) is 12.5 Å². The van der Waals surface area contributed by atoms with Gasteiger partial charge in [-0.25, -0.2) is 4.79 Å². The standard InChI is InChI=1S/C25H30N2O6/c1-16-6-7-18(25(29)33-5)12-20(16)26-23(28)15-27-10-8-17(9-11-27)24-21(31-3)13-19(30-2)14-22(24)32-4/h6-8,12-14H,9-11,15H2,1-5H3,(H,26,28). The minimum absolute atomic E-state index is 0.142. The van der Waals surface area contributed by atoms with Crippen LogP contribution in [0.4, 0.5) is 5.69 Å². The van der Waals surface area contributed by atoms with Crippen molar-refractivity contribution in [1.29, 1.82) is 0 Å². The second kappa shape index (κ2) is 10.9. The SMILES string of the molecule is COC(=O)c1ccc(C)c(NC(=O)CN2CC=C(c3c(OC)cc(OC)cc3OC)CC2)c1. The second-order valence-corrected chi connectivity index (χ2v) is 7.69. The average molecular weight is 455 g/mol. The van der Waals surface area contributed by atoms with Crippen molar-refractivity contribution >= 4 is 23.1 Å². The number of esters is 1. The summed E-state index contributed by atoms with van der Waals surface area (Å²) in [5, 5.41) is 2.91. The highest BCUT2D eigenvalue weighted by atomic mass is 16.5. The van der Waals surface area contributed by atoms with E-state index in [1.54, 1.807) is 39.5 Å². The van der Waals surface area contributed by atoms with Gasteiger partial charge in [0.1, 0.15) is 17.2 Å². The van der Waals surface area contributed by atoms with Crippen molar-refractivity contribution in [1.82, 2.24) is 4.90 Å². The number of hydrogen-bond donors (Lipinski definition) is 1. The highest BCUT2D eigenvalue weighted by Gasteiger charge is 2.22. The Morgan fingerprint density at radius 2 is 1.70 bits per heavy atom. The molecular weight excluding hydrogens is 424 g/mol. The molecule has 2 aromatic rings. The lowest BCUT2D eigenvalue weighted by Gasteiger charge is -2.27. The van der Waals surface area contributed by atoms with Gasteiger partial charge in [0.2, 0.25) is 5.91 Å². The van der Waals surface area contributed by atoms with Crippen LogP contribution in [0.5, 0.6) is 17.2 Å². The van der Waals surface area contributed by atoms with Crippen LogP contribution in [0.2, 0.25) is 0 Å². The number of hydrogen-bond acceptors (Lipinski definition) is 7. The van der Waals surface area contributed by atoms with Crippen LogP contribution in [-0.4, -0.2) is 64.8 Å². The molecule has 2 aromatic carbocycles. The van der Waals surface area contributed by atoms with Gasteiger partial charge in [0.15, 0.2) is 0 Å². The molecule has 0 aromatic heterocycles. The number of carbonyl (C=O) groups is 2. The largest absolute Gasteiger partial charge is 0.496 e. The van der Waals surface area contributed by atoms with Gasteiger partial charge in [-0.3, -0.25) is 9.69 Å². The molecule has 1 aliphatic heterocycles. The fraction of sp³-hybridized carbons (Fsp3) is 0.360. The van der Waals surface area contributed by atoms with Crippen LogP contribution in [0.15, 0.2) is 36.4 Å². The van der Waals surface area contributed by atoms with E-state index in [1.807, 2.05) is 19.1 Å². The smallest absolute Gasteiger partial charge is 0.337 e. The van der Waals surface area contributed by atoms with E-state index in [0.717, 1.165) is 23.1 Å². The first-order valence-electron chi connectivity index (χ1n) is 10.6. The van der Waals surface area contributed by atoms with Gasteiger partial charge in [0.05, 0.1) is 46.1 Å². The minimum Gasteiger partial charge on any atom is -0.496 e. The predicted molar refractivity (Wildman–Crippen MR) is 126 cm³/mol. The molecule has 1 aliphatic rings. The molecule has 0 atom stereocenters. The van der Waals surface area contributed by atoms with Gasteiger partial charge in [-0.2, -0.15) is 0 Å².